The second-order valence-corrected chi connectivity index (χ2v) is 3.40. The molecule has 0 amide bonds. The largest absolute Gasteiger partial charge is 0.481 e. The number of ether oxygens (including phenoxy) is 1. The summed E-state index contributed by atoms with van der Waals surface area (Å²) in [5, 5.41) is 29.9. The van der Waals surface area contributed by atoms with Crippen LogP contribution in [0.2, 0.25) is 0 Å². The number of carboxylic acid groups (broad SMARTS) is 2. The number of carbonyl (C=O) groups excluding carboxylic acids is 1. The lowest BCUT2D eigenvalue weighted by Gasteiger charge is -2.19. The van der Waals surface area contributed by atoms with E-state index in [1.165, 1.54) is 6.07 Å². The molecule has 0 radical (unpaired) electrons. The summed E-state index contributed by atoms with van der Waals surface area (Å²) < 4.78 is 8.88. The van der Waals surface area contributed by atoms with Crippen LogP contribution in [0.15, 0.2) is 16.9 Å². The first-order valence-electron chi connectivity index (χ1n) is 4.62. The zero-order valence-corrected chi connectivity index (χ0v) is 8.90. The van der Waals surface area contributed by atoms with E-state index in [2.05, 4.69) is 14.4 Å². The average Bonchev–Trinajstić information content (AvgIpc) is 2.68. The van der Waals surface area contributed by atoms with Crippen LogP contribution in [-0.4, -0.2) is 44.0 Å². The fourth-order valence-electron chi connectivity index (χ4n) is 1.11. The maximum atomic E-state index is 11.3. The first kappa shape index (κ1) is 13.6. The Hall–Kier alpha value is -2.42. The van der Waals surface area contributed by atoms with Crippen molar-refractivity contribution >= 4 is 17.9 Å². The molecule has 1 heterocycles. The molecule has 18 heavy (non-hydrogen) atoms. The second kappa shape index (κ2) is 5.27. The van der Waals surface area contributed by atoms with Gasteiger partial charge in [-0.05, 0) is 5.16 Å². The Labute approximate surface area is 99.6 Å². The molecule has 3 N–H and O–H groups in total. The number of aliphatic hydroxyl groups is 1. The molecule has 0 aliphatic carbocycles. The highest BCUT2D eigenvalue weighted by Gasteiger charge is 2.41. The molecule has 1 atom stereocenters. The fraction of sp³-hybridized carbons (Fsp3) is 0.333. The van der Waals surface area contributed by atoms with E-state index >= 15 is 0 Å². The number of esters is 1. The molecule has 1 aromatic heterocycles. The van der Waals surface area contributed by atoms with Crippen molar-refractivity contribution in [1.82, 2.24) is 5.16 Å². The molecule has 9 heteroatoms. The van der Waals surface area contributed by atoms with Gasteiger partial charge in [0.15, 0.2) is 5.60 Å². The van der Waals surface area contributed by atoms with Crippen LogP contribution in [0.1, 0.15) is 12.8 Å². The molecule has 0 fully saturated rings. The van der Waals surface area contributed by atoms with Crippen molar-refractivity contribution in [3.8, 4) is 5.88 Å². The second-order valence-electron chi connectivity index (χ2n) is 3.40. The lowest BCUT2D eigenvalue weighted by atomic mass is 9.96. The molecule has 9 nitrogen and oxygen atoms in total. The van der Waals surface area contributed by atoms with Gasteiger partial charge < -0.3 is 24.6 Å². The lowest BCUT2D eigenvalue weighted by molar-refractivity contribution is -0.169. The van der Waals surface area contributed by atoms with E-state index in [1.54, 1.807) is 0 Å². The minimum Gasteiger partial charge on any atom is -0.481 e. The zero-order chi connectivity index (χ0) is 13.8. The van der Waals surface area contributed by atoms with E-state index in [4.69, 9.17) is 10.2 Å². The van der Waals surface area contributed by atoms with Gasteiger partial charge in [0.05, 0.1) is 12.8 Å². The van der Waals surface area contributed by atoms with Crippen molar-refractivity contribution in [2.75, 3.05) is 0 Å². The molecule has 0 aliphatic rings. The van der Waals surface area contributed by atoms with E-state index in [0.29, 0.717) is 0 Å². The first-order valence-corrected chi connectivity index (χ1v) is 4.62. The van der Waals surface area contributed by atoms with Crippen molar-refractivity contribution in [2.45, 2.75) is 18.4 Å². The Balaban J connectivity index is 2.69. The monoisotopic (exact) mass is 259 g/mol. The summed E-state index contributed by atoms with van der Waals surface area (Å²) in [6.45, 7) is 0. The third kappa shape index (κ3) is 3.56. The van der Waals surface area contributed by atoms with Crippen LogP contribution in [-0.2, 0) is 14.4 Å². The topological polar surface area (TPSA) is 147 Å². The lowest BCUT2D eigenvalue weighted by Crippen LogP contribution is -2.43. The van der Waals surface area contributed by atoms with E-state index in [-0.39, 0.29) is 5.88 Å². The summed E-state index contributed by atoms with van der Waals surface area (Å²) in [6.07, 6.45) is -1.04. The molecule has 0 aliphatic heterocycles. The van der Waals surface area contributed by atoms with Gasteiger partial charge in [0, 0.05) is 6.07 Å². The third-order valence-corrected chi connectivity index (χ3v) is 1.91. The van der Waals surface area contributed by atoms with Gasteiger partial charge in [0.2, 0.25) is 0 Å². The SMILES string of the molecule is O=C(O)CC(O)(CC(=O)Oc1ccon1)C(=O)O. The smallest absolute Gasteiger partial charge is 0.336 e. The van der Waals surface area contributed by atoms with Gasteiger partial charge in [0.1, 0.15) is 6.26 Å². The summed E-state index contributed by atoms with van der Waals surface area (Å²) in [7, 11) is 0. The molecular weight excluding hydrogens is 250 g/mol. The Morgan fingerprint density at radius 2 is 2.00 bits per heavy atom. The number of hydrogen-bond acceptors (Lipinski definition) is 7. The van der Waals surface area contributed by atoms with Gasteiger partial charge in [-0.1, -0.05) is 0 Å². The van der Waals surface area contributed by atoms with E-state index in [9.17, 15) is 19.5 Å². The van der Waals surface area contributed by atoms with Crippen LogP contribution in [0.5, 0.6) is 5.88 Å². The standard InChI is InChI=1S/C9H9NO8/c11-6(12)3-9(16,8(14)15)4-7(13)18-5-1-2-17-10-5/h1-2,16H,3-4H2,(H,11,12)(H,14,15). The van der Waals surface area contributed by atoms with Crippen LogP contribution in [0.25, 0.3) is 0 Å². The predicted octanol–water partition coefficient (Wildman–Crippen LogP) is -0.740. The first-order chi connectivity index (χ1) is 8.33. The Bertz CT molecular complexity index is 453. The molecule has 0 aromatic carbocycles. The predicted molar refractivity (Wildman–Crippen MR) is 51.6 cm³/mol. The fourth-order valence-corrected chi connectivity index (χ4v) is 1.11. The third-order valence-electron chi connectivity index (χ3n) is 1.91. The zero-order valence-electron chi connectivity index (χ0n) is 8.90. The van der Waals surface area contributed by atoms with Gasteiger partial charge >= 0.3 is 17.9 Å². The minimum atomic E-state index is -2.73. The normalized spacial score (nSPS) is 13.6. The van der Waals surface area contributed by atoms with Gasteiger partial charge in [0.25, 0.3) is 5.88 Å². The average molecular weight is 259 g/mol. The summed E-state index contributed by atoms with van der Waals surface area (Å²) in [4.78, 5) is 32.4. The summed E-state index contributed by atoms with van der Waals surface area (Å²) in [6, 6.07) is 1.19. The molecule has 0 spiro atoms. The van der Waals surface area contributed by atoms with Crippen molar-refractivity contribution in [1.29, 1.82) is 0 Å². The van der Waals surface area contributed by atoms with Gasteiger partial charge in [-0.15, -0.1) is 0 Å². The van der Waals surface area contributed by atoms with Crippen LogP contribution in [0.3, 0.4) is 0 Å². The molecule has 1 aromatic rings. The molecule has 1 unspecified atom stereocenters. The van der Waals surface area contributed by atoms with E-state index < -0.39 is 36.4 Å². The van der Waals surface area contributed by atoms with Gasteiger partial charge in [-0.2, -0.15) is 0 Å². The number of aliphatic carboxylic acids is 2. The molecular formula is C9H9NO8. The van der Waals surface area contributed by atoms with Crippen LogP contribution in [0, 0.1) is 0 Å². The number of carbonyl (C=O) groups is 3. The van der Waals surface area contributed by atoms with E-state index in [1.807, 2.05) is 0 Å². The van der Waals surface area contributed by atoms with E-state index in [0.717, 1.165) is 6.26 Å². The quantitative estimate of drug-likeness (QED) is 0.561. The summed E-state index contributed by atoms with van der Waals surface area (Å²) in [5.41, 5.74) is -2.73. The van der Waals surface area contributed by atoms with Crippen molar-refractivity contribution in [3.05, 3.63) is 12.3 Å². The van der Waals surface area contributed by atoms with Crippen molar-refractivity contribution in [2.24, 2.45) is 0 Å². The Morgan fingerprint density at radius 3 is 2.44 bits per heavy atom. The van der Waals surface area contributed by atoms with Gasteiger partial charge in [-0.3, -0.25) is 9.59 Å². The Morgan fingerprint density at radius 1 is 1.33 bits per heavy atom. The number of carboxylic acids is 2. The maximum absolute atomic E-state index is 11.3. The van der Waals surface area contributed by atoms with Crippen molar-refractivity contribution in [3.63, 3.8) is 0 Å². The summed E-state index contributed by atoms with van der Waals surface area (Å²) in [5.74, 6) is -4.76. The van der Waals surface area contributed by atoms with Crippen LogP contribution < -0.4 is 4.74 Å². The highest BCUT2D eigenvalue weighted by Crippen LogP contribution is 2.18. The maximum Gasteiger partial charge on any atom is 0.336 e. The molecule has 0 bridgehead atoms. The number of hydrogen-bond donors (Lipinski definition) is 3. The van der Waals surface area contributed by atoms with Crippen LogP contribution in [0.4, 0.5) is 0 Å². The summed E-state index contributed by atoms with van der Waals surface area (Å²) >= 11 is 0. The number of nitrogens with zero attached hydrogens (tertiary/aromatic N) is 1. The number of rotatable bonds is 6. The highest BCUT2D eigenvalue weighted by atomic mass is 16.6. The van der Waals surface area contributed by atoms with Gasteiger partial charge in [-0.25, -0.2) is 4.79 Å². The molecule has 1 rings (SSSR count). The molecule has 0 saturated heterocycles. The minimum absolute atomic E-state index is 0.219. The van der Waals surface area contributed by atoms with Crippen LogP contribution >= 0.6 is 0 Å². The van der Waals surface area contributed by atoms with Crippen molar-refractivity contribution < 1.29 is 39.0 Å². The molecule has 0 saturated carbocycles. The molecule has 98 valence electrons. The number of aromatic nitrogens is 1. The Kier molecular flexibility index (Phi) is 4.00. The highest BCUT2D eigenvalue weighted by molar-refractivity contribution is 5.88.